The van der Waals surface area contributed by atoms with Gasteiger partial charge < -0.3 is 4.43 Å². The van der Waals surface area contributed by atoms with Crippen molar-refractivity contribution in [3.8, 4) is 0 Å². The van der Waals surface area contributed by atoms with Crippen molar-refractivity contribution >= 4 is 35.9 Å². The second kappa shape index (κ2) is 9.05. The molecular formula is C24H25ClN4O3Si. The number of imidazole rings is 1. The molecule has 1 unspecified atom stereocenters. The van der Waals surface area contributed by atoms with Gasteiger partial charge in [-0.15, -0.1) is 0 Å². The molecule has 0 aliphatic rings. The topological polar surface area (TPSA) is 82.6 Å². The Morgan fingerprint density at radius 2 is 1.61 bits per heavy atom. The van der Waals surface area contributed by atoms with Gasteiger partial charge in [-0.25, -0.2) is 9.50 Å². The number of nitrogens with zero attached hydrogens (tertiary/aromatic N) is 4. The smallest absolute Gasteiger partial charge is 0.262 e. The van der Waals surface area contributed by atoms with Gasteiger partial charge in [0.05, 0.1) is 11.9 Å². The summed E-state index contributed by atoms with van der Waals surface area (Å²) in [4.78, 5) is 16.0. The second-order valence-electron chi connectivity index (χ2n) is 8.91. The zero-order chi connectivity index (χ0) is 23.6. The van der Waals surface area contributed by atoms with Crippen LogP contribution in [0.2, 0.25) is 10.2 Å². The van der Waals surface area contributed by atoms with E-state index in [9.17, 15) is 10.1 Å². The van der Waals surface area contributed by atoms with E-state index < -0.39 is 21.0 Å². The molecule has 0 amide bonds. The highest BCUT2D eigenvalue weighted by atomic mass is 35.5. The summed E-state index contributed by atoms with van der Waals surface area (Å²) in [5.74, 6) is 0. The molecule has 2 aromatic carbocycles. The molecule has 0 radical (unpaired) electrons. The number of rotatable bonds is 7. The Morgan fingerprint density at radius 1 is 1.03 bits per heavy atom. The van der Waals surface area contributed by atoms with E-state index in [-0.39, 0.29) is 9.96 Å². The average Bonchev–Trinajstić information content (AvgIpc) is 3.20. The number of hydrogen-bond donors (Lipinski definition) is 0. The zero-order valence-electron chi connectivity index (χ0n) is 18.7. The zero-order valence-corrected chi connectivity index (χ0v) is 20.4. The summed E-state index contributed by atoms with van der Waals surface area (Å²) in [5, 5.41) is 18.0. The van der Waals surface area contributed by atoms with Gasteiger partial charge in [0.15, 0.2) is 11.8 Å². The fourth-order valence-corrected chi connectivity index (χ4v) is 9.04. The molecule has 1 atom stereocenters. The van der Waals surface area contributed by atoms with Gasteiger partial charge in [-0.05, 0) is 27.5 Å². The van der Waals surface area contributed by atoms with Crippen LogP contribution < -0.4 is 10.4 Å². The van der Waals surface area contributed by atoms with Crippen molar-refractivity contribution in [3.63, 3.8) is 0 Å². The molecule has 2 aromatic heterocycles. The first-order valence-electron chi connectivity index (χ1n) is 10.6. The van der Waals surface area contributed by atoms with E-state index in [1.54, 1.807) is 18.3 Å². The predicted molar refractivity (Wildman–Crippen MR) is 131 cm³/mol. The summed E-state index contributed by atoms with van der Waals surface area (Å²) in [6.45, 7) is 5.98. The molecule has 9 heteroatoms. The number of nitro groups is 1. The third-order valence-corrected chi connectivity index (χ3v) is 10.9. The third-order valence-electron chi connectivity index (χ3n) is 5.69. The maximum Gasteiger partial charge on any atom is 0.262 e. The van der Waals surface area contributed by atoms with Crippen LogP contribution in [0.4, 0.5) is 0 Å². The second-order valence-corrected chi connectivity index (χ2v) is 13.5. The lowest BCUT2D eigenvalue weighted by atomic mass is 10.2. The van der Waals surface area contributed by atoms with Gasteiger partial charge in [-0.1, -0.05) is 93.0 Å². The summed E-state index contributed by atoms with van der Waals surface area (Å²) in [7, 11) is -3.02. The first-order valence-corrected chi connectivity index (χ1v) is 12.9. The van der Waals surface area contributed by atoms with Crippen LogP contribution in [0.3, 0.4) is 0 Å². The van der Waals surface area contributed by atoms with Crippen LogP contribution in [0.5, 0.6) is 0 Å². The standard InChI is InChI=1S/C24H25ClN4O3Si/c1-24(2,3)33(18-10-6-4-7-11-18,19-12-8-5-9-13-19)32-21(17-29(30)31)20-16-28-23(26-20)15-14-22(25)27-28/h4-16,21H,17H2,1-3H3. The van der Waals surface area contributed by atoms with E-state index in [4.69, 9.17) is 16.0 Å². The van der Waals surface area contributed by atoms with E-state index in [2.05, 4.69) is 55.1 Å². The minimum absolute atomic E-state index is 0.310. The minimum Gasteiger partial charge on any atom is -0.393 e. The van der Waals surface area contributed by atoms with Crippen molar-refractivity contribution in [1.29, 1.82) is 0 Å². The van der Waals surface area contributed by atoms with Crippen molar-refractivity contribution in [2.24, 2.45) is 0 Å². The van der Waals surface area contributed by atoms with Crippen LogP contribution in [-0.4, -0.2) is 34.4 Å². The number of halogens is 1. The monoisotopic (exact) mass is 480 g/mol. The molecule has 2 heterocycles. The summed E-state index contributed by atoms with van der Waals surface area (Å²) in [5.41, 5.74) is 1.00. The van der Waals surface area contributed by atoms with Gasteiger partial charge in [-0.3, -0.25) is 10.1 Å². The Labute approximate surface area is 198 Å². The molecule has 4 rings (SSSR count). The van der Waals surface area contributed by atoms with Crippen LogP contribution in [0.15, 0.2) is 79.0 Å². The lowest BCUT2D eigenvalue weighted by molar-refractivity contribution is -0.490. The molecule has 4 aromatic rings. The van der Waals surface area contributed by atoms with E-state index >= 15 is 0 Å². The van der Waals surface area contributed by atoms with Gasteiger partial charge in [0.1, 0.15) is 5.15 Å². The summed E-state index contributed by atoms with van der Waals surface area (Å²) in [6, 6.07) is 23.4. The lowest BCUT2D eigenvalue weighted by Crippen LogP contribution is -2.67. The SMILES string of the molecule is CC(C)(C)[Si](OC(C[N+](=O)[O-])c1cn2nc(Cl)ccc2n1)(c1ccccc1)c1ccccc1. The Balaban J connectivity index is 1.92. The van der Waals surface area contributed by atoms with Gasteiger partial charge in [0.2, 0.25) is 6.54 Å². The molecule has 0 fully saturated rings. The fourth-order valence-electron chi connectivity index (χ4n) is 4.26. The van der Waals surface area contributed by atoms with Gasteiger partial charge in [0.25, 0.3) is 8.32 Å². The number of fused-ring (bicyclic) bond motifs is 1. The molecule has 7 nitrogen and oxygen atoms in total. The van der Waals surface area contributed by atoms with Crippen LogP contribution >= 0.6 is 11.6 Å². The summed E-state index contributed by atoms with van der Waals surface area (Å²) >= 11 is 6.03. The highest BCUT2D eigenvalue weighted by Crippen LogP contribution is 2.39. The van der Waals surface area contributed by atoms with Crippen LogP contribution in [0, 0.1) is 10.1 Å². The lowest BCUT2D eigenvalue weighted by Gasteiger charge is -2.44. The van der Waals surface area contributed by atoms with E-state index in [1.165, 1.54) is 4.52 Å². The molecule has 33 heavy (non-hydrogen) atoms. The van der Waals surface area contributed by atoms with Crippen molar-refractivity contribution in [2.75, 3.05) is 6.54 Å². The van der Waals surface area contributed by atoms with Gasteiger partial charge >= 0.3 is 0 Å². The number of hydrogen-bond acceptors (Lipinski definition) is 5. The van der Waals surface area contributed by atoms with Gasteiger partial charge in [0, 0.05) is 4.92 Å². The fraction of sp³-hybridized carbons (Fsp3) is 0.250. The summed E-state index contributed by atoms with van der Waals surface area (Å²) < 4.78 is 8.52. The normalized spacial score (nSPS) is 13.2. The quantitative estimate of drug-likeness (QED) is 0.224. The highest BCUT2D eigenvalue weighted by molar-refractivity contribution is 6.99. The first kappa shape index (κ1) is 23.1. The van der Waals surface area contributed by atoms with Crippen LogP contribution in [-0.2, 0) is 4.43 Å². The predicted octanol–water partition coefficient (Wildman–Crippen LogP) is 4.28. The minimum atomic E-state index is -3.02. The Kier molecular flexibility index (Phi) is 6.33. The van der Waals surface area contributed by atoms with Crippen LogP contribution in [0.1, 0.15) is 32.6 Å². The molecule has 0 aliphatic heterocycles. The van der Waals surface area contributed by atoms with Crippen molar-refractivity contribution < 1.29 is 9.35 Å². The highest BCUT2D eigenvalue weighted by Gasteiger charge is 2.52. The van der Waals surface area contributed by atoms with Crippen molar-refractivity contribution in [3.05, 3.63) is 100.0 Å². The van der Waals surface area contributed by atoms with E-state index in [0.29, 0.717) is 16.5 Å². The summed E-state index contributed by atoms with van der Waals surface area (Å²) in [6.07, 6.45) is 0.791. The third kappa shape index (κ3) is 4.55. The Morgan fingerprint density at radius 3 is 2.12 bits per heavy atom. The molecule has 0 saturated heterocycles. The maximum atomic E-state index is 11.7. The van der Waals surface area contributed by atoms with E-state index in [1.807, 2.05) is 36.4 Å². The number of benzene rings is 2. The molecule has 0 N–H and O–H groups in total. The van der Waals surface area contributed by atoms with E-state index in [0.717, 1.165) is 10.4 Å². The Hall–Kier alpha value is -3.07. The van der Waals surface area contributed by atoms with Crippen molar-refractivity contribution in [1.82, 2.24) is 14.6 Å². The molecule has 170 valence electrons. The maximum absolute atomic E-state index is 11.7. The largest absolute Gasteiger partial charge is 0.393 e. The number of aromatic nitrogens is 3. The molecule has 0 saturated carbocycles. The molecule has 0 aliphatic carbocycles. The molecular weight excluding hydrogens is 456 g/mol. The van der Waals surface area contributed by atoms with Crippen LogP contribution in [0.25, 0.3) is 5.65 Å². The molecule has 0 bridgehead atoms. The Bertz CT molecular complexity index is 1220. The van der Waals surface area contributed by atoms with Crippen molar-refractivity contribution in [2.45, 2.75) is 31.9 Å². The van der Waals surface area contributed by atoms with Gasteiger partial charge in [-0.2, -0.15) is 5.10 Å². The first-order chi connectivity index (χ1) is 15.7. The molecule has 0 spiro atoms. The average molecular weight is 481 g/mol.